The lowest BCUT2D eigenvalue weighted by atomic mass is 10.2. The van der Waals surface area contributed by atoms with E-state index < -0.39 is 0 Å². The Labute approximate surface area is 98.1 Å². The van der Waals surface area contributed by atoms with Gasteiger partial charge in [-0.25, -0.2) is 0 Å². The molecule has 0 saturated heterocycles. The van der Waals surface area contributed by atoms with Gasteiger partial charge in [-0.3, -0.25) is 4.99 Å². The fraction of sp³-hybridized carbons (Fsp3) is 0. The number of rotatable bonds is 2. The lowest BCUT2D eigenvalue weighted by Crippen LogP contribution is -1.79. The Morgan fingerprint density at radius 1 is 0.824 bits per heavy atom. The van der Waals surface area contributed by atoms with Crippen LogP contribution in [0, 0.1) is 0 Å². The highest BCUT2D eigenvalue weighted by atomic mass is 16.3. The quantitative estimate of drug-likeness (QED) is 0.693. The summed E-state index contributed by atoms with van der Waals surface area (Å²) in [4.78, 5) is 4.08. The summed E-state index contributed by atoms with van der Waals surface area (Å²) in [5.74, 6) is 0.0979. The number of hydrogen-bond donors (Lipinski definition) is 3. The number of benzene rings is 2. The Kier molecular flexibility index (Phi) is 2.96. The number of phenolic OH excluding ortho intramolecular Hbond substituents is 3. The first-order valence-electron chi connectivity index (χ1n) is 5.00. The summed E-state index contributed by atoms with van der Waals surface area (Å²) in [5, 5.41) is 27.7. The molecule has 0 fully saturated rings. The zero-order chi connectivity index (χ0) is 12.3. The first kappa shape index (κ1) is 11.0. The minimum atomic E-state index is -0.0833. The van der Waals surface area contributed by atoms with E-state index in [9.17, 15) is 5.11 Å². The lowest BCUT2D eigenvalue weighted by molar-refractivity contribution is 0.451. The third kappa shape index (κ3) is 2.75. The monoisotopic (exact) mass is 229 g/mol. The fourth-order valence-corrected chi connectivity index (χ4v) is 1.33. The zero-order valence-electron chi connectivity index (χ0n) is 8.91. The van der Waals surface area contributed by atoms with Gasteiger partial charge in [0.15, 0.2) is 0 Å². The van der Waals surface area contributed by atoms with Crippen LogP contribution in [0.3, 0.4) is 0 Å². The first-order chi connectivity index (χ1) is 8.15. The van der Waals surface area contributed by atoms with Crippen LogP contribution in [-0.2, 0) is 0 Å². The van der Waals surface area contributed by atoms with E-state index in [1.165, 1.54) is 18.2 Å². The van der Waals surface area contributed by atoms with Gasteiger partial charge in [-0.05, 0) is 42.0 Å². The number of nitrogens with zero attached hydrogens (tertiary/aromatic N) is 1. The number of aliphatic imine (C=N–C) groups is 1. The normalized spacial score (nSPS) is 10.8. The van der Waals surface area contributed by atoms with Crippen molar-refractivity contribution in [2.75, 3.05) is 0 Å². The third-order valence-electron chi connectivity index (χ3n) is 2.20. The molecule has 4 heteroatoms. The summed E-state index contributed by atoms with van der Waals surface area (Å²) in [7, 11) is 0. The van der Waals surface area contributed by atoms with Gasteiger partial charge in [0.25, 0.3) is 0 Å². The average Bonchev–Trinajstić information content (AvgIpc) is 2.30. The van der Waals surface area contributed by atoms with Crippen LogP contribution >= 0.6 is 0 Å². The highest BCUT2D eigenvalue weighted by Gasteiger charge is 1.99. The van der Waals surface area contributed by atoms with E-state index in [4.69, 9.17) is 10.2 Å². The number of aromatic hydroxyl groups is 3. The smallest absolute Gasteiger partial charge is 0.144 e. The predicted octanol–water partition coefficient (Wildman–Crippen LogP) is 2.55. The molecule has 2 aromatic carbocycles. The van der Waals surface area contributed by atoms with Crippen molar-refractivity contribution in [3.8, 4) is 17.2 Å². The predicted molar refractivity (Wildman–Crippen MR) is 65.1 cm³/mol. The summed E-state index contributed by atoms with van der Waals surface area (Å²) in [5.41, 5.74) is 1.17. The van der Waals surface area contributed by atoms with Crippen molar-refractivity contribution in [3.05, 3.63) is 48.0 Å². The Morgan fingerprint density at radius 3 is 2.12 bits per heavy atom. The molecule has 0 heterocycles. The summed E-state index contributed by atoms with van der Waals surface area (Å²) in [6.45, 7) is 0. The molecule has 0 unspecified atom stereocenters. The molecule has 4 nitrogen and oxygen atoms in total. The second kappa shape index (κ2) is 4.57. The van der Waals surface area contributed by atoms with Crippen LogP contribution < -0.4 is 0 Å². The Bertz CT molecular complexity index is 547. The van der Waals surface area contributed by atoms with Crippen LogP contribution in [0.1, 0.15) is 5.56 Å². The minimum absolute atomic E-state index is 0.00826. The molecule has 0 atom stereocenters. The molecule has 0 aromatic heterocycles. The van der Waals surface area contributed by atoms with E-state index in [1.54, 1.807) is 30.5 Å². The largest absolute Gasteiger partial charge is 0.508 e. The lowest BCUT2D eigenvalue weighted by Gasteiger charge is -1.99. The molecule has 0 amide bonds. The molecule has 0 radical (unpaired) electrons. The number of phenols is 3. The van der Waals surface area contributed by atoms with Crippen LogP contribution in [-0.4, -0.2) is 21.5 Å². The standard InChI is InChI=1S/C13H11NO3/c15-10-3-1-9(2-4-10)8-14-12-6-5-11(16)7-13(12)17/h1-8,15-17H. The molecular weight excluding hydrogens is 218 g/mol. The summed E-state index contributed by atoms with van der Waals surface area (Å²) >= 11 is 0. The van der Waals surface area contributed by atoms with Gasteiger partial charge < -0.3 is 15.3 Å². The number of hydrogen-bond acceptors (Lipinski definition) is 4. The summed E-state index contributed by atoms with van der Waals surface area (Å²) in [6.07, 6.45) is 1.56. The minimum Gasteiger partial charge on any atom is -0.508 e. The fourth-order valence-electron chi connectivity index (χ4n) is 1.33. The molecule has 0 bridgehead atoms. The topological polar surface area (TPSA) is 73.1 Å². The molecular formula is C13H11NO3. The van der Waals surface area contributed by atoms with Gasteiger partial charge in [0.05, 0.1) is 0 Å². The highest BCUT2D eigenvalue weighted by Crippen LogP contribution is 2.29. The van der Waals surface area contributed by atoms with E-state index in [0.29, 0.717) is 5.69 Å². The third-order valence-corrected chi connectivity index (χ3v) is 2.20. The Hall–Kier alpha value is -2.49. The van der Waals surface area contributed by atoms with Crippen molar-refractivity contribution in [1.82, 2.24) is 0 Å². The van der Waals surface area contributed by atoms with E-state index >= 15 is 0 Å². The van der Waals surface area contributed by atoms with Crippen molar-refractivity contribution >= 4 is 11.9 Å². The van der Waals surface area contributed by atoms with Crippen LogP contribution in [0.5, 0.6) is 17.2 Å². The molecule has 86 valence electrons. The van der Waals surface area contributed by atoms with E-state index in [2.05, 4.69) is 4.99 Å². The van der Waals surface area contributed by atoms with Gasteiger partial charge in [-0.15, -0.1) is 0 Å². The SMILES string of the molecule is Oc1ccc(C=Nc2ccc(O)cc2O)cc1. The molecule has 0 aliphatic rings. The van der Waals surface area contributed by atoms with Crippen LogP contribution in [0.2, 0.25) is 0 Å². The zero-order valence-corrected chi connectivity index (χ0v) is 8.91. The molecule has 17 heavy (non-hydrogen) atoms. The van der Waals surface area contributed by atoms with Crippen LogP contribution in [0.4, 0.5) is 5.69 Å². The molecule has 0 aliphatic carbocycles. The van der Waals surface area contributed by atoms with Crippen molar-refractivity contribution < 1.29 is 15.3 Å². The van der Waals surface area contributed by atoms with E-state index in [0.717, 1.165) is 5.56 Å². The van der Waals surface area contributed by atoms with E-state index in [1.807, 2.05) is 0 Å². The van der Waals surface area contributed by atoms with Crippen LogP contribution in [0.25, 0.3) is 0 Å². The van der Waals surface area contributed by atoms with Gasteiger partial charge in [-0.2, -0.15) is 0 Å². The van der Waals surface area contributed by atoms with Crippen molar-refractivity contribution in [2.45, 2.75) is 0 Å². The second-order valence-corrected chi connectivity index (χ2v) is 3.52. The van der Waals surface area contributed by atoms with Crippen molar-refractivity contribution in [1.29, 1.82) is 0 Å². The molecule has 0 saturated carbocycles. The second-order valence-electron chi connectivity index (χ2n) is 3.52. The van der Waals surface area contributed by atoms with Gasteiger partial charge in [0.1, 0.15) is 22.9 Å². The molecule has 2 rings (SSSR count). The van der Waals surface area contributed by atoms with Gasteiger partial charge >= 0.3 is 0 Å². The Morgan fingerprint density at radius 2 is 1.47 bits per heavy atom. The van der Waals surface area contributed by atoms with Gasteiger partial charge in [0, 0.05) is 12.3 Å². The maximum atomic E-state index is 9.50. The van der Waals surface area contributed by atoms with Gasteiger partial charge in [0.2, 0.25) is 0 Å². The molecule has 3 N–H and O–H groups in total. The summed E-state index contributed by atoms with van der Waals surface area (Å²) < 4.78 is 0. The van der Waals surface area contributed by atoms with Gasteiger partial charge in [-0.1, -0.05) is 0 Å². The average molecular weight is 229 g/mol. The van der Waals surface area contributed by atoms with Crippen LogP contribution in [0.15, 0.2) is 47.5 Å². The summed E-state index contributed by atoms with van der Waals surface area (Å²) in [6, 6.07) is 10.7. The van der Waals surface area contributed by atoms with E-state index in [-0.39, 0.29) is 17.2 Å². The van der Waals surface area contributed by atoms with Crippen molar-refractivity contribution in [3.63, 3.8) is 0 Å². The molecule has 2 aromatic rings. The maximum absolute atomic E-state index is 9.50. The highest BCUT2D eigenvalue weighted by molar-refractivity contribution is 5.82. The molecule has 0 aliphatic heterocycles. The molecule has 0 spiro atoms. The maximum Gasteiger partial charge on any atom is 0.144 e. The van der Waals surface area contributed by atoms with Crippen molar-refractivity contribution in [2.24, 2.45) is 4.99 Å². The first-order valence-corrected chi connectivity index (χ1v) is 5.00. The Balaban J connectivity index is 2.23.